The Labute approximate surface area is 131 Å². The van der Waals surface area contributed by atoms with Gasteiger partial charge < -0.3 is 5.73 Å². The Hall–Kier alpha value is -1.36. The van der Waals surface area contributed by atoms with Crippen molar-refractivity contribution in [3.8, 4) is 0 Å². The molecule has 0 saturated carbocycles. The number of aromatic nitrogens is 2. The van der Waals surface area contributed by atoms with Crippen LogP contribution in [-0.4, -0.2) is 28.3 Å². The highest BCUT2D eigenvalue weighted by Crippen LogP contribution is 2.23. The molecule has 0 amide bonds. The molecule has 1 aromatic heterocycles. The number of hydrogen-bond acceptors (Lipinski definition) is 3. The lowest BCUT2D eigenvalue weighted by Gasteiger charge is -2.26. The fraction of sp³-hybridized carbons (Fsp3) is 0.438. The van der Waals surface area contributed by atoms with Crippen LogP contribution in [0.4, 0.5) is 0 Å². The Morgan fingerprint density at radius 2 is 2.05 bits per heavy atom. The molecule has 114 valence electrons. The van der Waals surface area contributed by atoms with Gasteiger partial charge in [0.1, 0.15) is 0 Å². The van der Waals surface area contributed by atoms with Crippen LogP contribution in [-0.2, 0) is 6.54 Å². The quantitative estimate of drug-likeness (QED) is 0.891. The van der Waals surface area contributed by atoms with E-state index in [2.05, 4.69) is 37.1 Å². The number of nitrogens with two attached hydrogens (primary N) is 1. The molecule has 0 aliphatic carbocycles. The number of hydrogen-bond donors (Lipinski definition) is 1. The van der Waals surface area contributed by atoms with E-state index < -0.39 is 0 Å². The topological polar surface area (TPSA) is 47.1 Å². The van der Waals surface area contributed by atoms with E-state index in [1.165, 1.54) is 0 Å². The number of nitrogens with zero attached hydrogens (tertiary/aromatic N) is 3. The van der Waals surface area contributed by atoms with Crippen molar-refractivity contribution < 1.29 is 0 Å². The summed E-state index contributed by atoms with van der Waals surface area (Å²) in [4.78, 5) is 2.21. The smallest absolute Gasteiger partial charge is 0.0538 e. The number of likely N-dealkylation sites (N-methyl/N-ethyl adjacent to an activating group) is 1. The predicted octanol–water partition coefficient (Wildman–Crippen LogP) is 3.25. The minimum absolute atomic E-state index is 0.133. The molecule has 1 atom stereocenters. The van der Waals surface area contributed by atoms with E-state index >= 15 is 0 Å². The number of benzene rings is 1. The molecule has 2 aromatic rings. The molecule has 2 rings (SSSR count). The molecule has 5 heteroatoms. The van der Waals surface area contributed by atoms with Crippen molar-refractivity contribution in [1.29, 1.82) is 0 Å². The van der Waals surface area contributed by atoms with Crippen molar-refractivity contribution in [3.63, 3.8) is 0 Å². The fourth-order valence-electron chi connectivity index (χ4n) is 2.38. The molecule has 2 N–H and O–H groups in total. The molecule has 4 nitrogen and oxygen atoms in total. The number of halogens is 1. The highest BCUT2D eigenvalue weighted by molar-refractivity contribution is 6.31. The lowest BCUT2D eigenvalue weighted by molar-refractivity contribution is 0.241. The van der Waals surface area contributed by atoms with Crippen LogP contribution in [0, 0.1) is 0 Å². The average Bonchev–Trinajstić information content (AvgIpc) is 2.92. The molecule has 0 saturated heterocycles. The largest absolute Gasteiger partial charge is 0.329 e. The Balaban J connectivity index is 2.14. The first kappa shape index (κ1) is 16.0. The van der Waals surface area contributed by atoms with Crippen molar-refractivity contribution in [2.75, 3.05) is 13.6 Å². The van der Waals surface area contributed by atoms with Crippen LogP contribution in [0.2, 0.25) is 5.02 Å². The van der Waals surface area contributed by atoms with Gasteiger partial charge in [0.15, 0.2) is 0 Å². The highest BCUT2D eigenvalue weighted by Gasteiger charge is 2.18. The molecule has 1 unspecified atom stereocenters. The fourth-order valence-corrected chi connectivity index (χ4v) is 2.58. The first-order valence-corrected chi connectivity index (χ1v) is 7.58. The summed E-state index contributed by atoms with van der Waals surface area (Å²) in [5.41, 5.74) is 8.22. The first-order chi connectivity index (χ1) is 10.0. The van der Waals surface area contributed by atoms with Crippen LogP contribution in [0.25, 0.3) is 0 Å². The molecular formula is C16H23ClN4. The third-order valence-corrected chi connectivity index (χ3v) is 4.04. The van der Waals surface area contributed by atoms with Gasteiger partial charge in [0.05, 0.1) is 12.2 Å². The normalized spacial score (nSPS) is 13.1. The Bertz CT molecular complexity index is 579. The molecule has 0 aliphatic rings. The zero-order valence-corrected chi connectivity index (χ0v) is 13.6. The summed E-state index contributed by atoms with van der Waals surface area (Å²) < 4.78 is 1.96. The number of rotatable bonds is 6. The van der Waals surface area contributed by atoms with Gasteiger partial charge in [-0.05, 0) is 32.5 Å². The summed E-state index contributed by atoms with van der Waals surface area (Å²) in [6, 6.07) is 8.39. The monoisotopic (exact) mass is 306 g/mol. The van der Waals surface area contributed by atoms with Gasteiger partial charge in [0, 0.05) is 35.9 Å². The van der Waals surface area contributed by atoms with Gasteiger partial charge in [0.25, 0.3) is 0 Å². The van der Waals surface area contributed by atoms with Gasteiger partial charge in [-0.2, -0.15) is 5.10 Å². The maximum atomic E-state index is 6.23. The van der Waals surface area contributed by atoms with E-state index in [0.717, 1.165) is 22.7 Å². The van der Waals surface area contributed by atoms with Crippen molar-refractivity contribution in [2.45, 2.75) is 32.5 Å². The Morgan fingerprint density at radius 3 is 2.62 bits per heavy atom. The molecule has 1 heterocycles. The van der Waals surface area contributed by atoms with Gasteiger partial charge in [-0.15, -0.1) is 0 Å². The van der Waals surface area contributed by atoms with Crippen molar-refractivity contribution in [3.05, 3.63) is 52.8 Å². The maximum absolute atomic E-state index is 6.23. The Morgan fingerprint density at radius 1 is 1.33 bits per heavy atom. The third kappa shape index (κ3) is 3.84. The molecule has 0 spiro atoms. The molecule has 0 fully saturated rings. The van der Waals surface area contributed by atoms with Crippen molar-refractivity contribution >= 4 is 11.6 Å². The maximum Gasteiger partial charge on any atom is 0.0538 e. The van der Waals surface area contributed by atoms with Gasteiger partial charge >= 0.3 is 0 Å². The average molecular weight is 307 g/mol. The van der Waals surface area contributed by atoms with Crippen LogP contribution in [0.1, 0.15) is 37.1 Å². The van der Waals surface area contributed by atoms with Crippen molar-refractivity contribution in [1.82, 2.24) is 14.7 Å². The van der Waals surface area contributed by atoms with E-state index in [0.29, 0.717) is 12.6 Å². The van der Waals surface area contributed by atoms with Gasteiger partial charge in [0.2, 0.25) is 0 Å². The van der Waals surface area contributed by atoms with E-state index in [4.69, 9.17) is 17.3 Å². The summed E-state index contributed by atoms with van der Waals surface area (Å²) >= 11 is 6.23. The molecule has 0 radical (unpaired) electrons. The SMILES string of the molecule is CC(C)n1cc(C(CN)N(C)Cc2ccccc2Cl)cn1. The molecule has 0 aliphatic heterocycles. The van der Waals surface area contributed by atoms with Crippen LogP contribution in [0.15, 0.2) is 36.7 Å². The Kier molecular flexibility index (Phi) is 5.39. The molecule has 0 bridgehead atoms. The zero-order chi connectivity index (χ0) is 15.4. The summed E-state index contributed by atoms with van der Waals surface area (Å²) in [5, 5.41) is 5.19. The van der Waals surface area contributed by atoms with Gasteiger partial charge in [-0.3, -0.25) is 9.58 Å². The van der Waals surface area contributed by atoms with E-state index in [9.17, 15) is 0 Å². The van der Waals surface area contributed by atoms with Crippen LogP contribution >= 0.6 is 11.6 Å². The van der Waals surface area contributed by atoms with E-state index in [-0.39, 0.29) is 6.04 Å². The molecule has 1 aromatic carbocycles. The predicted molar refractivity (Wildman–Crippen MR) is 87.3 cm³/mol. The summed E-state index contributed by atoms with van der Waals surface area (Å²) in [6.45, 7) is 5.53. The van der Waals surface area contributed by atoms with Crippen molar-refractivity contribution in [2.24, 2.45) is 5.73 Å². The van der Waals surface area contributed by atoms with E-state index in [1.807, 2.05) is 35.1 Å². The second-order valence-corrected chi connectivity index (χ2v) is 6.01. The van der Waals surface area contributed by atoms with Crippen LogP contribution in [0.5, 0.6) is 0 Å². The lowest BCUT2D eigenvalue weighted by atomic mass is 10.1. The summed E-state index contributed by atoms with van der Waals surface area (Å²) in [7, 11) is 2.06. The third-order valence-electron chi connectivity index (χ3n) is 3.67. The van der Waals surface area contributed by atoms with Gasteiger partial charge in [-0.25, -0.2) is 0 Å². The second-order valence-electron chi connectivity index (χ2n) is 5.61. The zero-order valence-electron chi connectivity index (χ0n) is 12.8. The molecule has 21 heavy (non-hydrogen) atoms. The standard InChI is InChI=1S/C16H23ClN4/c1-12(2)21-11-14(9-19-21)16(8-18)20(3)10-13-6-4-5-7-15(13)17/h4-7,9,11-12,16H,8,10,18H2,1-3H3. The van der Waals surface area contributed by atoms with Gasteiger partial charge in [-0.1, -0.05) is 29.8 Å². The van der Waals surface area contributed by atoms with Crippen LogP contribution < -0.4 is 5.73 Å². The lowest BCUT2D eigenvalue weighted by Crippen LogP contribution is -2.30. The summed E-state index contributed by atoms with van der Waals surface area (Å²) in [6.07, 6.45) is 3.98. The summed E-state index contributed by atoms with van der Waals surface area (Å²) in [5.74, 6) is 0. The first-order valence-electron chi connectivity index (χ1n) is 7.20. The van der Waals surface area contributed by atoms with Crippen LogP contribution in [0.3, 0.4) is 0 Å². The highest BCUT2D eigenvalue weighted by atomic mass is 35.5. The minimum atomic E-state index is 0.133. The van der Waals surface area contributed by atoms with E-state index in [1.54, 1.807) is 0 Å². The minimum Gasteiger partial charge on any atom is -0.329 e. The molecular weight excluding hydrogens is 284 g/mol. The second kappa shape index (κ2) is 7.07.